The minimum Gasteiger partial charge on any atom is -0.464 e. The van der Waals surface area contributed by atoms with Gasteiger partial charge >= 0.3 is 0 Å². The van der Waals surface area contributed by atoms with Gasteiger partial charge in [0.05, 0.1) is 13.1 Å². The molecule has 2 aromatic carbocycles. The maximum Gasteiger partial charge on any atom is 0.273 e. The monoisotopic (exact) mass is 292 g/mol. The minimum atomic E-state index is -0.0433. The van der Waals surface area contributed by atoms with Gasteiger partial charge in [-0.15, -0.1) is 0 Å². The predicted molar refractivity (Wildman–Crippen MR) is 85.1 cm³/mol. The maximum atomic E-state index is 5.91. The molecule has 22 heavy (non-hydrogen) atoms. The van der Waals surface area contributed by atoms with Crippen LogP contribution in [0.4, 0.5) is 0 Å². The van der Waals surface area contributed by atoms with Crippen LogP contribution in [0.15, 0.2) is 70.6 Å². The van der Waals surface area contributed by atoms with Crippen LogP contribution in [0, 0.1) is 0 Å². The zero-order chi connectivity index (χ0) is 14.8. The van der Waals surface area contributed by atoms with Crippen molar-refractivity contribution in [3.8, 4) is 0 Å². The lowest BCUT2D eigenvalue weighted by molar-refractivity contribution is 0.207. The van der Waals surface area contributed by atoms with Crippen LogP contribution in [0.25, 0.3) is 0 Å². The number of benzene rings is 2. The molecule has 2 aliphatic heterocycles. The molecule has 0 saturated carbocycles. The Morgan fingerprint density at radius 3 is 1.45 bits per heavy atom. The van der Waals surface area contributed by atoms with Crippen LogP contribution in [0.1, 0.15) is 23.3 Å². The SMILES string of the molecule is c1ccc(C2CN=C(C3=NC[C@@H](c4ccccc4)O3)O2)cc1. The van der Waals surface area contributed by atoms with Crippen molar-refractivity contribution in [2.45, 2.75) is 12.2 Å². The second-order valence-corrected chi connectivity index (χ2v) is 5.33. The molecule has 4 nitrogen and oxygen atoms in total. The van der Waals surface area contributed by atoms with E-state index in [2.05, 4.69) is 9.98 Å². The van der Waals surface area contributed by atoms with Crippen molar-refractivity contribution in [2.24, 2.45) is 9.98 Å². The fourth-order valence-corrected chi connectivity index (χ4v) is 2.67. The van der Waals surface area contributed by atoms with Gasteiger partial charge in [-0.05, 0) is 11.1 Å². The highest BCUT2D eigenvalue weighted by molar-refractivity contribution is 6.36. The zero-order valence-corrected chi connectivity index (χ0v) is 12.1. The van der Waals surface area contributed by atoms with Gasteiger partial charge in [-0.25, -0.2) is 9.98 Å². The second-order valence-electron chi connectivity index (χ2n) is 5.33. The number of aliphatic imine (C=N–C) groups is 2. The average Bonchev–Trinajstić information content (AvgIpc) is 3.26. The Labute approximate surface area is 129 Å². The molecular weight excluding hydrogens is 276 g/mol. The minimum absolute atomic E-state index is 0.0433. The third-order valence-electron chi connectivity index (χ3n) is 3.83. The highest BCUT2D eigenvalue weighted by Gasteiger charge is 2.31. The summed E-state index contributed by atoms with van der Waals surface area (Å²) < 4.78 is 11.8. The molecule has 0 amide bonds. The summed E-state index contributed by atoms with van der Waals surface area (Å²) in [6.45, 7) is 1.22. The first-order valence-corrected chi connectivity index (χ1v) is 7.42. The Hall–Kier alpha value is -2.62. The molecule has 2 heterocycles. The molecule has 0 saturated heterocycles. The average molecular weight is 292 g/mol. The second kappa shape index (κ2) is 5.64. The van der Waals surface area contributed by atoms with Crippen molar-refractivity contribution >= 4 is 11.8 Å². The van der Waals surface area contributed by atoms with Gasteiger partial charge in [-0.3, -0.25) is 0 Å². The van der Waals surface area contributed by atoms with Crippen LogP contribution in [0.5, 0.6) is 0 Å². The van der Waals surface area contributed by atoms with Crippen LogP contribution >= 0.6 is 0 Å². The van der Waals surface area contributed by atoms with E-state index in [-0.39, 0.29) is 12.2 Å². The topological polar surface area (TPSA) is 43.2 Å². The molecule has 0 bridgehead atoms. The van der Waals surface area contributed by atoms with E-state index in [4.69, 9.17) is 9.47 Å². The molecule has 2 aromatic rings. The van der Waals surface area contributed by atoms with E-state index in [1.165, 1.54) is 0 Å². The van der Waals surface area contributed by atoms with Crippen molar-refractivity contribution in [3.05, 3.63) is 71.8 Å². The molecule has 110 valence electrons. The van der Waals surface area contributed by atoms with Crippen LogP contribution < -0.4 is 0 Å². The molecule has 0 fully saturated rings. The largest absolute Gasteiger partial charge is 0.464 e. The van der Waals surface area contributed by atoms with Gasteiger partial charge in [-0.1, -0.05) is 60.7 Å². The Bertz CT molecular complexity index is 647. The molecule has 4 heteroatoms. The Kier molecular flexibility index (Phi) is 3.35. The normalized spacial score (nSPS) is 23.5. The van der Waals surface area contributed by atoms with E-state index in [1.807, 2.05) is 60.7 Å². The van der Waals surface area contributed by atoms with Gasteiger partial charge in [-0.2, -0.15) is 0 Å². The predicted octanol–water partition coefficient (Wildman–Crippen LogP) is 3.33. The summed E-state index contributed by atoms with van der Waals surface area (Å²) in [6.07, 6.45) is -0.0865. The summed E-state index contributed by atoms with van der Waals surface area (Å²) in [7, 11) is 0. The quantitative estimate of drug-likeness (QED) is 0.871. The van der Waals surface area contributed by atoms with Crippen molar-refractivity contribution in [3.63, 3.8) is 0 Å². The lowest BCUT2D eigenvalue weighted by Crippen LogP contribution is -2.17. The molecule has 0 aromatic heterocycles. The number of hydrogen-bond donors (Lipinski definition) is 0. The number of ether oxygens (including phenoxy) is 2. The fourth-order valence-electron chi connectivity index (χ4n) is 2.67. The molecule has 0 radical (unpaired) electrons. The molecule has 0 aliphatic carbocycles. The highest BCUT2D eigenvalue weighted by atomic mass is 16.6. The van der Waals surface area contributed by atoms with E-state index in [9.17, 15) is 0 Å². The summed E-state index contributed by atoms with van der Waals surface area (Å²) in [4.78, 5) is 8.88. The molecule has 1 unspecified atom stereocenters. The summed E-state index contributed by atoms with van der Waals surface area (Å²) in [6, 6.07) is 20.2. The van der Waals surface area contributed by atoms with Gasteiger partial charge in [0, 0.05) is 0 Å². The molecule has 2 aliphatic rings. The van der Waals surface area contributed by atoms with E-state index in [0.717, 1.165) is 11.1 Å². The number of rotatable bonds is 3. The van der Waals surface area contributed by atoms with Crippen molar-refractivity contribution in [1.29, 1.82) is 0 Å². The Morgan fingerprint density at radius 2 is 1.05 bits per heavy atom. The first-order chi connectivity index (χ1) is 10.9. The van der Waals surface area contributed by atoms with Gasteiger partial charge < -0.3 is 9.47 Å². The molecular formula is C18H16N2O2. The Balaban J connectivity index is 1.42. The van der Waals surface area contributed by atoms with Crippen molar-refractivity contribution in [2.75, 3.05) is 13.1 Å². The zero-order valence-electron chi connectivity index (χ0n) is 12.1. The van der Waals surface area contributed by atoms with Crippen LogP contribution in [0.2, 0.25) is 0 Å². The molecule has 4 rings (SSSR count). The Morgan fingerprint density at radius 1 is 0.636 bits per heavy atom. The van der Waals surface area contributed by atoms with Crippen LogP contribution in [-0.4, -0.2) is 24.9 Å². The van der Waals surface area contributed by atoms with Gasteiger partial charge in [0.1, 0.15) is 12.2 Å². The van der Waals surface area contributed by atoms with Gasteiger partial charge in [0.15, 0.2) is 0 Å². The van der Waals surface area contributed by atoms with Crippen LogP contribution in [-0.2, 0) is 9.47 Å². The summed E-state index contributed by atoms with van der Waals surface area (Å²) in [5.74, 6) is 1.04. The third kappa shape index (κ3) is 2.48. The van der Waals surface area contributed by atoms with Gasteiger partial charge in [0.25, 0.3) is 11.8 Å². The van der Waals surface area contributed by atoms with Crippen molar-refractivity contribution < 1.29 is 9.47 Å². The third-order valence-corrected chi connectivity index (χ3v) is 3.83. The first-order valence-electron chi connectivity index (χ1n) is 7.42. The lowest BCUT2D eigenvalue weighted by atomic mass is 10.1. The van der Waals surface area contributed by atoms with E-state index < -0.39 is 0 Å². The maximum absolute atomic E-state index is 5.91. The molecule has 0 N–H and O–H groups in total. The van der Waals surface area contributed by atoms with E-state index in [1.54, 1.807) is 0 Å². The highest BCUT2D eigenvalue weighted by Crippen LogP contribution is 2.27. The number of hydrogen-bond acceptors (Lipinski definition) is 4. The lowest BCUT2D eigenvalue weighted by Gasteiger charge is -2.13. The van der Waals surface area contributed by atoms with E-state index >= 15 is 0 Å². The summed E-state index contributed by atoms with van der Waals surface area (Å²) >= 11 is 0. The van der Waals surface area contributed by atoms with Crippen molar-refractivity contribution in [1.82, 2.24) is 0 Å². The fraction of sp³-hybridized carbons (Fsp3) is 0.222. The molecule has 2 atom stereocenters. The van der Waals surface area contributed by atoms with Crippen LogP contribution in [0.3, 0.4) is 0 Å². The summed E-state index contributed by atoms with van der Waals surface area (Å²) in [5, 5.41) is 0. The standard InChI is InChI=1S/C18H16N2O2/c1-3-7-13(8-4-1)15-11-19-17(21-15)18-20-12-16(22-18)14-9-5-2-6-10-14/h1-10,15-16H,11-12H2/t15-,16?/m0/s1. The first kappa shape index (κ1) is 13.1. The smallest absolute Gasteiger partial charge is 0.273 e. The number of nitrogens with zero attached hydrogens (tertiary/aromatic N) is 2. The summed E-state index contributed by atoms with van der Waals surface area (Å²) in [5.41, 5.74) is 2.25. The molecule has 0 spiro atoms. The van der Waals surface area contributed by atoms with E-state index in [0.29, 0.717) is 24.9 Å². The van der Waals surface area contributed by atoms with Gasteiger partial charge in [0.2, 0.25) is 0 Å².